The lowest BCUT2D eigenvalue weighted by Crippen LogP contribution is -2.20. The number of likely N-dealkylation sites (N-methyl/N-ethyl adjacent to an activating group) is 1. The molecule has 0 aliphatic rings. The summed E-state index contributed by atoms with van der Waals surface area (Å²) in [6, 6.07) is 8.79. The summed E-state index contributed by atoms with van der Waals surface area (Å²) in [6.45, 7) is 0. The quantitative estimate of drug-likeness (QED) is 0.896. The fraction of sp³-hybridized carbons (Fsp3) is 0.250. The summed E-state index contributed by atoms with van der Waals surface area (Å²) in [4.78, 5) is 0. The predicted octanol–water partition coefficient (Wildman–Crippen LogP) is 4.13. The van der Waals surface area contributed by atoms with Crippen molar-refractivity contribution in [2.45, 2.75) is 12.5 Å². The van der Waals surface area contributed by atoms with Gasteiger partial charge in [0.2, 0.25) is 0 Å². The number of hydrogen-bond acceptors (Lipinski definition) is 2. The first-order chi connectivity index (χ1) is 10.0. The molecule has 1 N–H and O–H groups in total. The van der Waals surface area contributed by atoms with Crippen LogP contribution in [0, 0.1) is 11.6 Å². The lowest BCUT2D eigenvalue weighted by atomic mass is 9.98. The van der Waals surface area contributed by atoms with Crippen LogP contribution in [0.4, 0.5) is 8.78 Å². The molecule has 0 heterocycles. The SMILES string of the molecule is CNC(Cc1ccc(Cl)cc1F)c1ccc(OC)cc1F. The molecule has 0 saturated carbocycles. The van der Waals surface area contributed by atoms with Gasteiger partial charge in [0.25, 0.3) is 0 Å². The van der Waals surface area contributed by atoms with E-state index in [4.69, 9.17) is 16.3 Å². The fourth-order valence-corrected chi connectivity index (χ4v) is 2.35. The van der Waals surface area contributed by atoms with Crippen molar-refractivity contribution in [3.8, 4) is 5.75 Å². The summed E-state index contributed by atoms with van der Waals surface area (Å²) in [5, 5.41) is 3.35. The number of hydrogen-bond donors (Lipinski definition) is 1. The Morgan fingerprint density at radius 2 is 1.90 bits per heavy atom. The Kier molecular flexibility index (Phi) is 5.15. The topological polar surface area (TPSA) is 21.3 Å². The summed E-state index contributed by atoms with van der Waals surface area (Å²) < 4.78 is 32.9. The smallest absolute Gasteiger partial charge is 0.131 e. The van der Waals surface area contributed by atoms with Crippen molar-refractivity contribution in [2.75, 3.05) is 14.2 Å². The van der Waals surface area contributed by atoms with Gasteiger partial charge >= 0.3 is 0 Å². The second-order valence-corrected chi connectivity index (χ2v) is 5.10. The van der Waals surface area contributed by atoms with E-state index in [1.165, 1.54) is 19.2 Å². The van der Waals surface area contributed by atoms with Gasteiger partial charge in [-0.25, -0.2) is 8.78 Å². The third kappa shape index (κ3) is 3.71. The molecule has 1 unspecified atom stereocenters. The Morgan fingerprint density at radius 1 is 1.14 bits per heavy atom. The van der Waals surface area contributed by atoms with Crippen molar-refractivity contribution < 1.29 is 13.5 Å². The van der Waals surface area contributed by atoms with Crippen molar-refractivity contribution in [1.82, 2.24) is 5.32 Å². The maximum absolute atomic E-state index is 14.1. The molecule has 21 heavy (non-hydrogen) atoms. The molecule has 5 heteroatoms. The summed E-state index contributed by atoms with van der Waals surface area (Å²) >= 11 is 5.73. The monoisotopic (exact) mass is 311 g/mol. The highest BCUT2D eigenvalue weighted by molar-refractivity contribution is 6.30. The Labute approximate surface area is 127 Å². The molecule has 0 aliphatic heterocycles. The molecule has 0 spiro atoms. The molecule has 0 fully saturated rings. The van der Waals surface area contributed by atoms with Gasteiger partial charge in [0.05, 0.1) is 7.11 Å². The van der Waals surface area contributed by atoms with Crippen LogP contribution in [0.5, 0.6) is 5.75 Å². The first kappa shape index (κ1) is 15.7. The van der Waals surface area contributed by atoms with E-state index in [1.807, 2.05) is 0 Å². The van der Waals surface area contributed by atoms with Crippen LogP contribution in [0.25, 0.3) is 0 Å². The second kappa shape index (κ2) is 6.87. The van der Waals surface area contributed by atoms with Gasteiger partial charge in [-0.1, -0.05) is 23.7 Å². The molecule has 2 rings (SSSR count). The molecular weight excluding hydrogens is 296 g/mol. The average Bonchev–Trinajstić information content (AvgIpc) is 2.47. The zero-order valence-electron chi connectivity index (χ0n) is 11.8. The van der Waals surface area contributed by atoms with Crippen molar-refractivity contribution in [3.63, 3.8) is 0 Å². The van der Waals surface area contributed by atoms with Gasteiger partial charge in [-0.2, -0.15) is 0 Å². The first-order valence-corrected chi connectivity index (χ1v) is 6.87. The van der Waals surface area contributed by atoms with Crippen LogP contribution in [-0.4, -0.2) is 14.2 Å². The van der Waals surface area contributed by atoms with Crippen LogP contribution in [0.1, 0.15) is 17.2 Å². The lowest BCUT2D eigenvalue weighted by molar-refractivity contribution is 0.409. The summed E-state index contributed by atoms with van der Waals surface area (Å²) in [6.07, 6.45) is 0.322. The van der Waals surface area contributed by atoms with Crippen molar-refractivity contribution in [2.24, 2.45) is 0 Å². The van der Waals surface area contributed by atoms with Crippen LogP contribution in [0.15, 0.2) is 36.4 Å². The zero-order chi connectivity index (χ0) is 15.4. The van der Waals surface area contributed by atoms with E-state index < -0.39 is 5.82 Å². The molecule has 1 atom stereocenters. The van der Waals surface area contributed by atoms with E-state index in [0.717, 1.165) is 0 Å². The van der Waals surface area contributed by atoms with Crippen LogP contribution in [0.2, 0.25) is 5.02 Å². The van der Waals surface area contributed by atoms with Gasteiger partial charge in [0.15, 0.2) is 0 Å². The fourth-order valence-electron chi connectivity index (χ4n) is 2.19. The Balaban J connectivity index is 2.27. The Morgan fingerprint density at radius 3 is 2.48 bits per heavy atom. The van der Waals surface area contributed by atoms with E-state index in [0.29, 0.717) is 28.3 Å². The molecule has 0 aromatic heterocycles. The first-order valence-electron chi connectivity index (χ1n) is 6.49. The van der Waals surface area contributed by atoms with Crippen LogP contribution < -0.4 is 10.1 Å². The third-order valence-corrected chi connectivity index (χ3v) is 3.61. The number of methoxy groups -OCH3 is 1. The normalized spacial score (nSPS) is 12.2. The molecule has 0 saturated heterocycles. The molecule has 0 aliphatic carbocycles. The minimum absolute atomic E-state index is 0.322. The van der Waals surface area contributed by atoms with E-state index in [2.05, 4.69) is 5.32 Å². The summed E-state index contributed by atoms with van der Waals surface area (Å²) in [5.74, 6) is -0.330. The van der Waals surface area contributed by atoms with Gasteiger partial charge in [-0.15, -0.1) is 0 Å². The van der Waals surface area contributed by atoms with Crippen LogP contribution in [-0.2, 0) is 6.42 Å². The van der Waals surface area contributed by atoms with Gasteiger partial charge < -0.3 is 10.1 Å². The minimum Gasteiger partial charge on any atom is -0.497 e. The summed E-state index contributed by atoms with van der Waals surface area (Å²) in [7, 11) is 3.19. The molecule has 2 nitrogen and oxygen atoms in total. The van der Waals surface area contributed by atoms with Crippen molar-refractivity contribution in [3.05, 3.63) is 64.2 Å². The molecule has 0 radical (unpaired) electrons. The number of rotatable bonds is 5. The van der Waals surface area contributed by atoms with E-state index in [9.17, 15) is 8.78 Å². The highest BCUT2D eigenvalue weighted by Gasteiger charge is 2.17. The number of halogens is 3. The van der Waals surface area contributed by atoms with Gasteiger partial charge in [0, 0.05) is 22.7 Å². The summed E-state index contributed by atoms with van der Waals surface area (Å²) in [5.41, 5.74) is 0.946. The van der Waals surface area contributed by atoms with Crippen molar-refractivity contribution in [1.29, 1.82) is 0 Å². The van der Waals surface area contributed by atoms with Gasteiger partial charge in [0.1, 0.15) is 17.4 Å². The maximum atomic E-state index is 14.1. The third-order valence-electron chi connectivity index (χ3n) is 3.37. The van der Waals surface area contributed by atoms with E-state index in [-0.39, 0.29) is 11.9 Å². The molecule has 112 valence electrons. The zero-order valence-corrected chi connectivity index (χ0v) is 12.5. The Hall–Kier alpha value is -1.65. The molecule has 2 aromatic rings. The highest BCUT2D eigenvalue weighted by atomic mass is 35.5. The highest BCUT2D eigenvalue weighted by Crippen LogP contribution is 2.26. The van der Waals surface area contributed by atoms with E-state index >= 15 is 0 Å². The van der Waals surface area contributed by atoms with Gasteiger partial charge in [-0.05, 0) is 37.2 Å². The maximum Gasteiger partial charge on any atom is 0.131 e. The predicted molar refractivity (Wildman–Crippen MR) is 79.9 cm³/mol. The van der Waals surface area contributed by atoms with Crippen molar-refractivity contribution >= 4 is 11.6 Å². The lowest BCUT2D eigenvalue weighted by Gasteiger charge is -2.18. The largest absolute Gasteiger partial charge is 0.497 e. The second-order valence-electron chi connectivity index (χ2n) is 4.67. The molecule has 2 aromatic carbocycles. The minimum atomic E-state index is -0.392. The number of benzene rings is 2. The molecule has 0 amide bonds. The van der Waals surface area contributed by atoms with Gasteiger partial charge in [-0.3, -0.25) is 0 Å². The molecule has 0 bridgehead atoms. The number of nitrogens with one attached hydrogen (secondary N) is 1. The van der Waals surface area contributed by atoms with Crippen LogP contribution >= 0.6 is 11.6 Å². The average molecular weight is 312 g/mol. The standard InChI is InChI=1S/C16H16ClF2NO/c1-20-16(7-10-3-4-11(17)8-14(10)18)13-6-5-12(21-2)9-15(13)19/h3-6,8-9,16,20H,7H2,1-2H3. The molecular formula is C16H16ClF2NO. The Bertz CT molecular complexity index is 634. The number of ether oxygens (including phenoxy) is 1. The van der Waals surface area contributed by atoms with Crippen LogP contribution in [0.3, 0.4) is 0 Å². The van der Waals surface area contributed by atoms with E-state index in [1.54, 1.807) is 31.3 Å².